The number of fused-ring (bicyclic) bond motifs is 1. The highest BCUT2D eigenvalue weighted by Crippen LogP contribution is 2.25. The van der Waals surface area contributed by atoms with E-state index in [1.54, 1.807) is 24.3 Å². The summed E-state index contributed by atoms with van der Waals surface area (Å²) in [6.07, 6.45) is 4.46. The van der Waals surface area contributed by atoms with Gasteiger partial charge in [-0.25, -0.2) is 8.42 Å². The number of aryl methyl sites for hydroxylation is 2. The number of amides is 1. The lowest BCUT2D eigenvalue weighted by Gasteiger charge is -2.22. The zero-order valence-corrected chi connectivity index (χ0v) is 17.7. The Kier molecular flexibility index (Phi) is 6.43. The monoisotopic (exact) mass is 420 g/mol. The lowest BCUT2D eigenvalue weighted by Crippen LogP contribution is -2.40. The van der Waals surface area contributed by atoms with E-state index in [1.165, 1.54) is 17.5 Å². The summed E-state index contributed by atoms with van der Waals surface area (Å²) >= 11 is 6.14. The lowest BCUT2D eigenvalue weighted by atomic mass is 10.0. The Morgan fingerprint density at radius 2 is 1.89 bits per heavy atom. The maximum absolute atomic E-state index is 12.5. The van der Waals surface area contributed by atoms with Gasteiger partial charge >= 0.3 is 0 Å². The van der Waals surface area contributed by atoms with Gasteiger partial charge in [0.15, 0.2) is 0 Å². The topological polar surface area (TPSA) is 66.5 Å². The summed E-state index contributed by atoms with van der Waals surface area (Å²) in [5, 5.41) is 3.39. The highest BCUT2D eigenvalue weighted by Gasteiger charge is 2.23. The van der Waals surface area contributed by atoms with E-state index in [9.17, 15) is 13.2 Å². The van der Waals surface area contributed by atoms with Crippen LogP contribution < -0.4 is 5.32 Å². The van der Waals surface area contributed by atoms with Crippen molar-refractivity contribution in [3.05, 3.63) is 69.7 Å². The summed E-state index contributed by atoms with van der Waals surface area (Å²) in [5.41, 5.74) is 4.42. The molecule has 0 aromatic heterocycles. The fourth-order valence-electron chi connectivity index (χ4n) is 3.50. The minimum atomic E-state index is -3.57. The van der Waals surface area contributed by atoms with Gasteiger partial charge in [-0.15, -0.1) is 0 Å². The van der Waals surface area contributed by atoms with E-state index in [0.717, 1.165) is 29.0 Å². The molecule has 1 aliphatic rings. The number of halogens is 1. The molecule has 2 aromatic rings. The molecule has 0 unspecified atom stereocenters. The molecule has 7 heteroatoms. The average Bonchev–Trinajstić information content (AvgIpc) is 3.09. The predicted octanol–water partition coefficient (Wildman–Crippen LogP) is 3.47. The standard InChI is InChI=1S/C21H25ClN2O3S/c1-15(17-11-10-16-7-5-8-18(16)12-17)23-21(25)14-24(28(2,26)27)13-19-6-3-4-9-20(19)22/h3-4,6,9-12,15H,5,7-8,13-14H2,1-2H3,(H,23,25)/t15-/m1/s1. The van der Waals surface area contributed by atoms with Crippen LogP contribution >= 0.6 is 11.6 Å². The van der Waals surface area contributed by atoms with Gasteiger partial charge in [0.05, 0.1) is 18.8 Å². The second-order valence-corrected chi connectivity index (χ2v) is 9.68. The molecule has 0 saturated heterocycles. The van der Waals surface area contributed by atoms with Crippen molar-refractivity contribution in [2.24, 2.45) is 0 Å². The molecule has 2 aromatic carbocycles. The van der Waals surface area contributed by atoms with E-state index in [1.807, 2.05) is 13.0 Å². The molecule has 150 valence electrons. The normalized spacial score (nSPS) is 14.7. The van der Waals surface area contributed by atoms with Crippen molar-refractivity contribution in [1.82, 2.24) is 9.62 Å². The fraction of sp³-hybridized carbons (Fsp3) is 0.381. The Hall–Kier alpha value is -1.89. The minimum absolute atomic E-state index is 0.0547. The largest absolute Gasteiger partial charge is 0.348 e. The zero-order valence-electron chi connectivity index (χ0n) is 16.1. The van der Waals surface area contributed by atoms with Gasteiger partial charge in [0.25, 0.3) is 0 Å². The molecule has 3 rings (SSSR count). The van der Waals surface area contributed by atoms with Crippen molar-refractivity contribution in [2.45, 2.75) is 38.8 Å². The van der Waals surface area contributed by atoms with Crippen LogP contribution in [-0.4, -0.2) is 31.4 Å². The molecule has 0 saturated carbocycles. The first-order valence-corrected chi connectivity index (χ1v) is 11.6. The Morgan fingerprint density at radius 3 is 2.61 bits per heavy atom. The fourth-order valence-corrected chi connectivity index (χ4v) is 4.42. The molecule has 0 aliphatic heterocycles. The SMILES string of the molecule is C[C@@H](NC(=O)CN(Cc1ccccc1Cl)S(C)(=O)=O)c1ccc2c(c1)CCC2. The van der Waals surface area contributed by atoms with E-state index in [0.29, 0.717) is 10.6 Å². The van der Waals surface area contributed by atoms with Crippen LogP contribution in [0.4, 0.5) is 0 Å². The van der Waals surface area contributed by atoms with Crippen molar-refractivity contribution in [1.29, 1.82) is 0 Å². The van der Waals surface area contributed by atoms with Crippen molar-refractivity contribution in [3.63, 3.8) is 0 Å². The highest BCUT2D eigenvalue weighted by molar-refractivity contribution is 7.88. The molecular formula is C21H25ClN2O3S. The van der Waals surface area contributed by atoms with Gasteiger partial charge in [-0.3, -0.25) is 4.79 Å². The van der Waals surface area contributed by atoms with Crippen LogP contribution in [0.2, 0.25) is 5.02 Å². The maximum atomic E-state index is 12.5. The molecule has 0 radical (unpaired) electrons. The summed E-state index contributed by atoms with van der Waals surface area (Å²) in [4.78, 5) is 12.5. The summed E-state index contributed by atoms with van der Waals surface area (Å²) in [5.74, 6) is -0.342. The average molecular weight is 421 g/mol. The van der Waals surface area contributed by atoms with Gasteiger partial charge in [0.1, 0.15) is 0 Å². The maximum Gasteiger partial charge on any atom is 0.235 e. The summed E-state index contributed by atoms with van der Waals surface area (Å²) in [6, 6.07) is 13.1. The first-order valence-electron chi connectivity index (χ1n) is 9.33. The number of hydrogen-bond donors (Lipinski definition) is 1. The number of carbonyl (C=O) groups is 1. The van der Waals surface area contributed by atoms with Gasteiger partial charge in [0, 0.05) is 11.6 Å². The van der Waals surface area contributed by atoms with E-state index in [4.69, 9.17) is 11.6 Å². The van der Waals surface area contributed by atoms with Gasteiger partial charge in [-0.05, 0) is 54.5 Å². The molecule has 28 heavy (non-hydrogen) atoms. The molecule has 1 atom stereocenters. The molecule has 0 spiro atoms. The zero-order chi connectivity index (χ0) is 20.3. The van der Waals surface area contributed by atoms with Crippen LogP contribution in [0, 0.1) is 0 Å². The molecule has 5 nitrogen and oxygen atoms in total. The minimum Gasteiger partial charge on any atom is -0.348 e. The van der Waals surface area contributed by atoms with Gasteiger partial charge < -0.3 is 5.32 Å². The van der Waals surface area contributed by atoms with E-state index < -0.39 is 10.0 Å². The molecule has 1 aliphatic carbocycles. The second-order valence-electron chi connectivity index (χ2n) is 7.29. The van der Waals surface area contributed by atoms with Crippen LogP contribution in [0.5, 0.6) is 0 Å². The third kappa shape index (κ3) is 5.13. The molecular weight excluding hydrogens is 396 g/mol. The number of nitrogens with zero attached hydrogens (tertiary/aromatic N) is 1. The molecule has 1 N–H and O–H groups in total. The number of sulfonamides is 1. The van der Waals surface area contributed by atoms with Crippen LogP contribution in [-0.2, 0) is 34.2 Å². The molecule has 1 amide bonds. The Morgan fingerprint density at radius 1 is 1.18 bits per heavy atom. The summed E-state index contributed by atoms with van der Waals surface area (Å²) in [7, 11) is -3.57. The second kappa shape index (κ2) is 8.64. The Labute approximate surface area is 171 Å². The number of nitrogens with one attached hydrogen (secondary N) is 1. The number of rotatable bonds is 7. The van der Waals surface area contributed by atoms with Gasteiger partial charge in [-0.2, -0.15) is 4.31 Å². The van der Waals surface area contributed by atoms with Crippen molar-refractivity contribution >= 4 is 27.5 Å². The summed E-state index contributed by atoms with van der Waals surface area (Å²) in [6.45, 7) is 1.71. The van der Waals surface area contributed by atoms with Gasteiger partial charge in [0.2, 0.25) is 15.9 Å². The smallest absolute Gasteiger partial charge is 0.235 e. The van der Waals surface area contributed by atoms with Crippen molar-refractivity contribution in [3.8, 4) is 0 Å². The first kappa shape index (κ1) is 20.8. The highest BCUT2D eigenvalue weighted by atomic mass is 35.5. The molecule has 0 heterocycles. The number of benzene rings is 2. The lowest BCUT2D eigenvalue weighted by molar-refractivity contribution is -0.122. The number of hydrogen-bond acceptors (Lipinski definition) is 3. The van der Waals surface area contributed by atoms with Crippen LogP contribution in [0.3, 0.4) is 0 Å². The van der Waals surface area contributed by atoms with Crippen molar-refractivity contribution < 1.29 is 13.2 Å². The van der Waals surface area contributed by atoms with E-state index in [2.05, 4.69) is 17.4 Å². The van der Waals surface area contributed by atoms with E-state index in [-0.39, 0.29) is 25.0 Å². The predicted molar refractivity (Wildman–Crippen MR) is 112 cm³/mol. The van der Waals surface area contributed by atoms with Crippen LogP contribution in [0.15, 0.2) is 42.5 Å². The van der Waals surface area contributed by atoms with Gasteiger partial charge in [-0.1, -0.05) is 48.0 Å². The third-order valence-electron chi connectivity index (χ3n) is 5.09. The van der Waals surface area contributed by atoms with Crippen LogP contribution in [0.1, 0.15) is 41.6 Å². The molecule has 0 fully saturated rings. The molecule has 0 bridgehead atoms. The number of carbonyl (C=O) groups excluding carboxylic acids is 1. The quantitative estimate of drug-likeness (QED) is 0.745. The van der Waals surface area contributed by atoms with Crippen molar-refractivity contribution in [2.75, 3.05) is 12.8 Å². The van der Waals surface area contributed by atoms with Crippen LogP contribution in [0.25, 0.3) is 0 Å². The first-order chi connectivity index (χ1) is 13.2. The Balaban J connectivity index is 1.67. The third-order valence-corrected chi connectivity index (χ3v) is 6.66. The summed E-state index contributed by atoms with van der Waals surface area (Å²) < 4.78 is 25.5. The Bertz CT molecular complexity index is 975. The van der Waals surface area contributed by atoms with E-state index >= 15 is 0 Å².